The Morgan fingerprint density at radius 2 is 1.82 bits per heavy atom. The number of nitrogens with one attached hydrogen (secondary N) is 2. The zero-order chi connectivity index (χ0) is 27.8. The summed E-state index contributed by atoms with van der Waals surface area (Å²) in [5.41, 5.74) is 7.63. The van der Waals surface area contributed by atoms with Crippen LogP contribution in [0.3, 0.4) is 0 Å². The number of amidine groups is 1. The lowest BCUT2D eigenvalue weighted by Gasteiger charge is -2.14. The molecule has 1 aliphatic heterocycles. The SMILES string of the molecule is Cc1cccc(N=C2NC(=O)/C(=C/c3cc(C)n(-c4sc5c(c4C(=O)Nc4ccccc4)CCCC5)c3C)S2)c1. The van der Waals surface area contributed by atoms with Crippen LogP contribution in [0.15, 0.2) is 70.6 Å². The Hall–Kier alpha value is -3.88. The topological polar surface area (TPSA) is 75.5 Å². The van der Waals surface area contributed by atoms with Gasteiger partial charge in [-0.05, 0) is 111 Å². The highest BCUT2D eigenvalue weighted by atomic mass is 32.2. The molecule has 0 saturated carbocycles. The number of aryl methyl sites for hydroxylation is 3. The highest BCUT2D eigenvalue weighted by Gasteiger charge is 2.29. The fourth-order valence-corrected chi connectivity index (χ4v) is 7.67. The molecule has 2 aliphatic rings. The molecule has 0 atom stereocenters. The van der Waals surface area contributed by atoms with E-state index in [2.05, 4.69) is 40.1 Å². The van der Waals surface area contributed by atoms with Gasteiger partial charge in [0.2, 0.25) is 0 Å². The van der Waals surface area contributed by atoms with Crippen LogP contribution in [0.5, 0.6) is 0 Å². The van der Waals surface area contributed by atoms with Crippen LogP contribution in [0.2, 0.25) is 0 Å². The Morgan fingerprint density at radius 3 is 2.62 bits per heavy atom. The van der Waals surface area contributed by atoms with Crippen LogP contribution in [0, 0.1) is 20.8 Å². The van der Waals surface area contributed by atoms with Crippen molar-refractivity contribution in [2.24, 2.45) is 4.99 Å². The molecular formula is C32H30N4O2S2. The predicted octanol–water partition coefficient (Wildman–Crippen LogP) is 7.49. The molecule has 3 heterocycles. The molecule has 6 nitrogen and oxygen atoms in total. The molecule has 4 aromatic rings. The molecule has 0 bridgehead atoms. The summed E-state index contributed by atoms with van der Waals surface area (Å²) in [5, 5.41) is 7.53. The Kier molecular flexibility index (Phi) is 7.21. The number of anilines is 1. The van der Waals surface area contributed by atoms with Crippen LogP contribution >= 0.6 is 23.1 Å². The predicted molar refractivity (Wildman–Crippen MR) is 166 cm³/mol. The van der Waals surface area contributed by atoms with E-state index >= 15 is 0 Å². The molecule has 0 radical (unpaired) electrons. The molecule has 0 unspecified atom stereocenters. The molecule has 1 fully saturated rings. The Labute approximate surface area is 242 Å². The minimum Gasteiger partial charge on any atom is -0.322 e. The summed E-state index contributed by atoms with van der Waals surface area (Å²) in [4.78, 5) is 33.0. The number of aliphatic imine (C=N–C) groups is 1. The van der Waals surface area contributed by atoms with E-state index in [1.807, 2.05) is 67.6 Å². The van der Waals surface area contributed by atoms with Gasteiger partial charge in [0.15, 0.2) is 5.17 Å². The average Bonchev–Trinajstić information content (AvgIpc) is 3.56. The first-order valence-corrected chi connectivity index (χ1v) is 15.1. The van der Waals surface area contributed by atoms with E-state index in [0.29, 0.717) is 10.1 Å². The summed E-state index contributed by atoms with van der Waals surface area (Å²) in [5.74, 6) is -0.230. The van der Waals surface area contributed by atoms with Crippen LogP contribution in [0.4, 0.5) is 11.4 Å². The molecule has 6 rings (SSSR count). The van der Waals surface area contributed by atoms with Gasteiger partial charge in [-0.15, -0.1) is 11.3 Å². The molecular weight excluding hydrogens is 537 g/mol. The van der Waals surface area contributed by atoms with Crippen molar-refractivity contribution in [2.45, 2.75) is 46.5 Å². The van der Waals surface area contributed by atoms with E-state index in [9.17, 15) is 9.59 Å². The maximum atomic E-state index is 13.7. The average molecular weight is 567 g/mol. The summed E-state index contributed by atoms with van der Waals surface area (Å²) >= 11 is 3.06. The summed E-state index contributed by atoms with van der Waals surface area (Å²) in [6.45, 7) is 6.13. The second-order valence-corrected chi connectivity index (χ2v) is 12.3. The summed E-state index contributed by atoms with van der Waals surface area (Å²) in [6.07, 6.45) is 6.08. The van der Waals surface area contributed by atoms with E-state index in [0.717, 1.165) is 70.1 Å². The van der Waals surface area contributed by atoms with Gasteiger partial charge in [0.25, 0.3) is 11.8 Å². The third kappa shape index (κ3) is 5.17. The number of aromatic nitrogens is 1. The minimum atomic E-state index is -0.157. The second kappa shape index (κ2) is 10.9. The van der Waals surface area contributed by atoms with Gasteiger partial charge in [-0.1, -0.05) is 30.3 Å². The number of thiophene rings is 1. The zero-order valence-electron chi connectivity index (χ0n) is 22.7. The largest absolute Gasteiger partial charge is 0.322 e. The lowest BCUT2D eigenvalue weighted by molar-refractivity contribution is -0.115. The number of benzene rings is 2. The Morgan fingerprint density at radius 1 is 1.02 bits per heavy atom. The van der Waals surface area contributed by atoms with Crippen molar-refractivity contribution >= 4 is 57.5 Å². The number of amides is 2. The van der Waals surface area contributed by atoms with Gasteiger partial charge < -0.3 is 15.2 Å². The number of carbonyl (C=O) groups is 2. The molecule has 1 saturated heterocycles. The van der Waals surface area contributed by atoms with Crippen molar-refractivity contribution in [3.63, 3.8) is 0 Å². The van der Waals surface area contributed by atoms with Crippen LogP contribution < -0.4 is 10.6 Å². The highest BCUT2D eigenvalue weighted by molar-refractivity contribution is 8.18. The van der Waals surface area contributed by atoms with Crippen LogP contribution in [-0.2, 0) is 17.6 Å². The molecule has 2 N–H and O–H groups in total. The van der Waals surface area contributed by atoms with Crippen molar-refractivity contribution in [3.05, 3.63) is 104 Å². The van der Waals surface area contributed by atoms with Crippen molar-refractivity contribution in [2.75, 3.05) is 5.32 Å². The van der Waals surface area contributed by atoms with E-state index in [-0.39, 0.29) is 11.8 Å². The maximum absolute atomic E-state index is 13.7. The summed E-state index contributed by atoms with van der Waals surface area (Å²) in [7, 11) is 0. The van der Waals surface area contributed by atoms with Gasteiger partial charge in [0.1, 0.15) is 5.00 Å². The number of para-hydroxylation sites is 1. The van der Waals surface area contributed by atoms with Crippen molar-refractivity contribution in [3.8, 4) is 5.00 Å². The smallest absolute Gasteiger partial charge is 0.264 e. The second-order valence-electron chi connectivity index (χ2n) is 10.2. The fraction of sp³-hybridized carbons (Fsp3) is 0.219. The van der Waals surface area contributed by atoms with Crippen LogP contribution in [-0.4, -0.2) is 21.5 Å². The maximum Gasteiger partial charge on any atom is 0.264 e. The number of fused-ring (bicyclic) bond motifs is 1. The van der Waals surface area contributed by atoms with E-state index < -0.39 is 0 Å². The number of thioether (sulfide) groups is 1. The number of hydrogen-bond donors (Lipinski definition) is 2. The Bertz CT molecular complexity index is 1700. The molecule has 40 heavy (non-hydrogen) atoms. The minimum absolute atomic E-state index is 0.0734. The molecule has 8 heteroatoms. The van der Waals surface area contributed by atoms with Crippen LogP contribution in [0.25, 0.3) is 11.1 Å². The molecule has 2 amide bonds. The normalized spacial score (nSPS) is 16.8. The monoisotopic (exact) mass is 566 g/mol. The lowest BCUT2D eigenvalue weighted by atomic mass is 9.95. The lowest BCUT2D eigenvalue weighted by Crippen LogP contribution is -2.19. The van der Waals surface area contributed by atoms with E-state index in [4.69, 9.17) is 0 Å². The quantitative estimate of drug-likeness (QED) is 0.246. The molecule has 1 aliphatic carbocycles. The first-order chi connectivity index (χ1) is 19.4. The van der Waals surface area contributed by atoms with Gasteiger partial charge in [0, 0.05) is 22.0 Å². The molecule has 2 aromatic carbocycles. The first kappa shape index (κ1) is 26.3. The fourth-order valence-electron chi connectivity index (χ4n) is 5.34. The van der Waals surface area contributed by atoms with Crippen molar-refractivity contribution in [1.82, 2.24) is 9.88 Å². The van der Waals surface area contributed by atoms with Gasteiger partial charge >= 0.3 is 0 Å². The zero-order valence-corrected chi connectivity index (χ0v) is 24.3. The standard InChI is InChI=1S/C32H30N4O2S2/c1-19-10-9-13-24(16-19)34-32-35-29(37)27(40-32)18-22-17-20(2)36(21(22)3)31-28(25-14-7-8-15-26(25)39-31)30(38)33-23-11-5-4-6-12-23/h4-6,9-13,16-18H,7-8,14-15H2,1-3H3,(H,33,38)(H,34,35,37)/b27-18-. The van der Waals surface area contributed by atoms with Crippen LogP contribution in [0.1, 0.15) is 56.2 Å². The van der Waals surface area contributed by atoms with E-state index in [1.54, 1.807) is 11.3 Å². The molecule has 2 aromatic heterocycles. The summed E-state index contributed by atoms with van der Waals surface area (Å²) < 4.78 is 2.18. The Balaban J connectivity index is 1.35. The first-order valence-electron chi connectivity index (χ1n) is 13.4. The van der Waals surface area contributed by atoms with E-state index in [1.165, 1.54) is 22.2 Å². The van der Waals surface area contributed by atoms with Crippen molar-refractivity contribution < 1.29 is 9.59 Å². The number of rotatable bonds is 5. The van der Waals surface area contributed by atoms with Gasteiger partial charge in [0.05, 0.1) is 16.2 Å². The van der Waals surface area contributed by atoms with Gasteiger partial charge in [-0.25, -0.2) is 4.99 Å². The third-order valence-corrected chi connectivity index (χ3v) is 9.44. The van der Waals surface area contributed by atoms with Gasteiger partial charge in [-0.3, -0.25) is 9.59 Å². The van der Waals surface area contributed by atoms with Gasteiger partial charge in [-0.2, -0.15) is 0 Å². The molecule has 202 valence electrons. The third-order valence-electron chi connectivity index (χ3n) is 7.25. The highest BCUT2D eigenvalue weighted by Crippen LogP contribution is 2.40. The number of hydrogen-bond acceptors (Lipinski definition) is 5. The molecule has 0 spiro atoms. The number of carbonyl (C=O) groups excluding carboxylic acids is 2. The summed E-state index contributed by atoms with van der Waals surface area (Å²) in [6, 6.07) is 19.6. The van der Waals surface area contributed by atoms with Crippen molar-refractivity contribution in [1.29, 1.82) is 0 Å². The number of nitrogens with zero attached hydrogens (tertiary/aromatic N) is 2.